The van der Waals surface area contributed by atoms with Crippen LogP contribution in [0.25, 0.3) is 16.6 Å². The Kier molecular flexibility index (Phi) is 7.10. The van der Waals surface area contributed by atoms with Crippen molar-refractivity contribution in [3.8, 4) is 28.7 Å². The average molecular weight is 490 g/mol. The summed E-state index contributed by atoms with van der Waals surface area (Å²) in [6.07, 6.45) is 0. The topological polar surface area (TPSA) is 101 Å². The summed E-state index contributed by atoms with van der Waals surface area (Å²) in [5.41, 5.74) is 2.36. The third-order valence-electron chi connectivity index (χ3n) is 5.69. The molecule has 1 heterocycles. The third-order valence-corrected chi connectivity index (χ3v) is 5.69. The number of anilines is 1. The molecule has 0 aliphatic carbocycles. The molecule has 1 amide bonds. The summed E-state index contributed by atoms with van der Waals surface area (Å²) in [5.74, 6) is 1.68. The number of carbonyl (C=O) groups excluding carboxylic acids is 1. The lowest BCUT2D eigenvalue weighted by Crippen LogP contribution is -2.24. The number of benzene rings is 3. The molecule has 0 bridgehead atoms. The molecule has 0 atom stereocenters. The Morgan fingerprint density at radius 3 is 2.25 bits per heavy atom. The lowest BCUT2D eigenvalue weighted by atomic mass is 10.1. The fraction of sp³-hybridized carbons (Fsp3) is 0.222. The van der Waals surface area contributed by atoms with E-state index in [9.17, 15) is 9.59 Å². The monoisotopic (exact) mass is 489 g/mol. The fourth-order valence-electron chi connectivity index (χ4n) is 4.00. The Balaban J connectivity index is 1.59. The molecule has 0 radical (unpaired) electrons. The van der Waals surface area contributed by atoms with Crippen molar-refractivity contribution in [1.29, 1.82) is 0 Å². The van der Waals surface area contributed by atoms with Gasteiger partial charge in [-0.2, -0.15) is 0 Å². The quantitative estimate of drug-likeness (QED) is 0.399. The summed E-state index contributed by atoms with van der Waals surface area (Å²) in [7, 11) is 4.49. The Hall–Kier alpha value is -4.53. The van der Waals surface area contributed by atoms with E-state index in [0.717, 1.165) is 11.3 Å². The normalized spacial score (nSPS) is 10.7. The van der Waals surface area contributed by atoms with Gasteiger partial charge in [-0.3, -0.25) is 14.2 Å². The Morgan fingerprint density at radius 2 is 1.61 bits per heavy atom. The van der Waals surface area contributed by atoms with Gasteiger partial charge < -0.3 is 24.3 Å². The zero-order chi connectivity index (χ0) is 25.8. The van der Waals surface area contributed by atoms with Crippen molar-refractivity contribution in [1.82, 2.24) is 9.55 Å². The van der Waals surface area contributed by atoms with E-state index in [1.807, 2.05) is 31.2 Å². The molecule has 186 valence electrons. The average Bonchev–Trinajstić information content (AvgIpc) is 2.88. The molecule has 0 fully saturated rings. The smallest absolute Gasteiger partial charge is 0.266 e. The number of amides is 1. The molecule has 0 saturated carbocycles. The number of fused-ring (bicyclic) bond motifs is 1. The van der Waals surface area contributed by atoms with E-state index in [-0.39, 0.29) is 12.2 Å². The number of rotatable bonds is 8. The molecule has 1 N–H and O–H groups in total. The van der Waals surface area contributed by atoms with Crippen LogP contribution in [0.1, 0.15) is 11.4 Å². The van der Waals surface area contributed by atoms with Crippen LogP contribution < -0.4 is 29.8 Å². The van der Waals surface area contributed by atoms with Crippen molar-refractivity contribution >= 4 is 22.5 Å². The maximum Gasteiger partial charge on any atom is 0.266 e. The number of methoxy groups -OCH3 is 3. The first-order chi connectivity index (χ1) is 17.4. The fourth-order valence-corrected chi connectivity index (χ4v) is 4.00. The van der Waals surface area contributed by atoms with Crippen molar-refractivity contribution in [3.63, 3.8) is 0 Å². The van der Waals surface area contributed by atoms with E-state index < -0.39 is 5.91 Å². The number of nitrogens with zero attached hydrogens (tertiary/aromatic N) is 2. The summed E-state index contributed by atoms with van der Waals surface area (Å²) >= 11 is 0. The van der Waals surface area contributed by atoms with Crippen LogP contribution in [0.2, 0.25) is 0 Å². The number of hydrogen-bond donors (Lipinski definition) is 1. The Bertz CT molecular complexity index is 1470. The second-order valence-corrected chi connectivity index (χ2v) is 7.99. The van der Waals surface area contributed by atoms with Gasteiger partial charge in [0.15, 0.2) is 18.1 Å². The van der Waals surface area contributed by atoms with Crippen molar-refractivity contribution in [2.45, 2.75) is 13.8 Å². The van der Waals surface area contributed by atoms with Gasteiger partial charge >= 0.3 is 0 Å². The van der Waals surface area contributed by atoms with E-state index in [4.69, 9.17) is 18.9 Å². The number of aromatic nitrogens is 2. The molecule has 3 aromatic carbocycles. The Labute approximate surface area is 208 Å². The van der Waals surface area contributed by atoms with Crippen molar-refractivity contribution in [3.05, 3.63) is 76.3 Å². The summed E-state index contributed by atoms with van der Waals surface area (Å²) in [5, 5.41) is 3.15. The zero-order valence-corrected chi connectivity index (χ0v) is 20.7. The van der Waals surface area contributed by atoms with Crippen LogP contribution in [0, 0.1) is 13.8 Å². The number of ether oxygens (including phenoxy) is 4. The number of aryl methyl sites for hydroxylation is 2. The van der Waals surface area contributed by atoms with Gasteiger partial charge in [0.05, 0.1) is 32.4 Å². The molecule has 9 heteroatoms. The predicted octanol–water partition coefficient (Wildman–Crippen LogP) is 4.05. The van der Waals surface area contributed by atoms with Gasteiger partial charge in [-0.25, -0.2) is 4.98 Å². The summed E-state index contributed by atoms with van der Waals surface area (Å²) in [6, 6.07) is 15.9. The SMILES string of the molecule is COc1cc(NC(=O)COc2cccc3c(=O)n(-c4ccccc4C)c(C)nc23)cc(OC)c1OC. The highest BCUT2D eigenvalue weighted by Crippen LogP contribution is 2.39. The minimum atomic E-state index is -0.411. The van der Waals surface area contributed by atoms with E-state index >= 15 is 0 Å². The second-order valence-electron chi connectivity index (χ2n) is 7.99. The predicted molar refractivity (Wildman–Crippen MR) is 137 cm³/mol. The van der Waals surface area contributed by atoms with Gasteiger partial charge in [-0.1, -0.05) is 24.3 Å². The van der Waals surface area contributed by atoms with Gasteiger partial charge in [0.2, 0.25) is 5.75 Å². The molecule has 0 aliphatic heterocycles. The van der Waals surface area contributed by atoms with Crippen LogP contribution in [0.3, 0.4) is 0 Å². The van der Waals surface area contributed by atoms with Gasteiger partial charge in [0.25, 0.3) is 11.5 Å². The number of nitrogens with one attached hydrogen (secondary N) is 1. The highest BCUT2D eigenvalue weighted by Gasteiger charge is 2.17. The van der Waals surface area contributed by atoms with E-state index in [1.165, 1.54) is 21.3 Å². The zero-order valence-electron chi connectivity index (χ0n) is 20.7. The highest BCUT2D eigenvalue weighted by molar-refractivity contribution is 5.93. The van der Waals surface area contributed by atoms with Gasteiger partial charge in [0.1, 0.15) is 17.1 Å². The van der Waals surface area contributed by atoms with Gasteiger partial charge in [0, 0.05) is 17.8 Å². The molecule has 0 aliphatic rings. The molecular formula is C27H27N3O6. The molecule has 36 heavy (non-hydrogen) atoms. The summed E-state index contributed by atoms with van der Waals surface area (Å²) in [6.45, 7) is 3.41. The number of carbonyl (C=O) groups is 1. The minimum Gasteiger partial charge on any atom is -0.493 e. The summed E-state index contributed by atoms with van der Waals surface area (Å²) in [4.78, 5) is 30.7. The van der Waals surface area contributed by atoms with Gasteiger partial charge in [-0.15, -0.1) is 0 Å². The molecular weight excluding hydrogens is 462 g/mol. The lowest BCUT2D eigenvalue weighted by Gasteiger charge is -2.16. The maximum atomic E-state index is 13.4. The largest absolute Gasteiger partial charge is 0.493 e. The first-order valence-corrected chi connectivity index (χ1v) is 11.2. The molecule has 0 unspecified atom stereocenters. The maximum absolute atomic E-state index is 13.4. The van der Waals surface area contributed by atoms with E-state index in [1.54, 1.807) is 41.8 Å². The highest BCUT2D eigenvalue weighted by atomic mass is 16.5. The van der Waals surface area contributed by atoms with E-state index in [2.05, 4.69) is 10.3 Å². The standard InChI is InChI=1S/C27H27N3O6/c1-16-9-6-7-11-20(16)30-17(2)28-25-19(27(30)32)10-8-12-21(25)36-15-24(31)29-18-13-22(33-3)26(35-5)23(14-18)34-4/h6-14H,15H2,1-5H3,(H,29,31). The van der Waals surface area contributed by atoms with Crippen LogP contribution in [-0.4, -0.2) is 43.4 Å². The molecule has 9 nitrogen and oxygen atoms in total. The minimum absolute atomic E-state index is 0.209. The molecule has 0 saturated heterocycles. The molecule has 4 rings (SSSR count). The van der Waals surface area contributed by atoms with E-state index in [0.29, 0.717) is 45.4 Å². The van der Waals surface area contributed by atoms with Gasteiger partial charge in [-0.05, 0) is 37.6 Å². The van der Waals surface area contributed by atoms with Crippen molar-refractivity contribution < 1.29 is 23.7 Å². The van der Waals surface area contributed by atoms with Crippen LogP contribution in [-0.2, 0) is 4.79 Å². The van der Waals surface area contributed by atoms with Crippen molar-refractivity contribution in [2.24, 2.45) is 0 Å². The molecule has 0 spiro atoms. The van der Waals surface area contributed by atoms with Crippen LogP contribution in [0.4, 0.5) is 5.69 Å². The van der Waals surface area contributed by atoms with Crippen LogP contribution in [0.15, 0.2) is 59.4 Å². The second kappa shape index (κ2) is 10.4. The summed E-state index contributed by atoms with van der Waals surface area (Å²) < 4.78 is 23.3. The third kappa shape index (κ3) is 4.68. The van der Waals surface area contributed by atoms with Crippen molar-refractivity contribution in [2.75, 3.05) is 33.3 Å². The van der Waals surface area contributed by atoms with Crippen LogP contribution in [0.5, 0.6) is 23.0 Å². The van der Waals surface area contributed by atoms with Crippen LogP contribution >= 0.6 is 0 Å². The number of hydrogen-bond acceptors (Lipinski definition) is 7. The Morgan fingerprint density at radius 1 is 0.917 bits per heavy atom. The first kappa shape index (κ1) is 24.6. The molecule has 1 aromatic heterocycles. The first-order valence-electron chi connectivity index (χ1n) is 11.2. The molecule has 4 aromatic rings. The number of para-hydroxylation sites is 2. The lowest BCUT2D eigenvalue weighted by molar-refractivity contribution is -0.118.